The molecule has 2 fully saturated rings. The van der Waals surface area contributed by atoms with Crippen molar-refractivity contribution in [3.8, 4) is 0 Å². The zero-order valence-electron chi connectivity index (χ0n) is 11.0. The number of morpholine rings is 1. The topological polar surface area (TPSA) is 82.1 Å². The van der Waals surface area contributed by atoms with Crippen LogP contribution < -0.4 is 5.32 Å². The molecule has 1 atom stereocenters. The van der Waals surface area contributed by atoms with Gasteiger partial charge in [-0.2, -0.15) is 0 Å². The van der Waals surface area contributed by atoms with Gasteiger partial charge >= 0.3 is 5.97 Å². The summed E-state index contributed by atoms with van der Waals surface area (Å²) in [5.41, 5.74) is 0. The first kappa shape index (κ1) is 14.2. The number of amides is 1. The largest absolute Gasteiger partial charge is 0.480 e. The number of rotatable bonds is 3. The van der Waals surface area contributed by atoms with Crippen LogP contribution in [0.4, 0.5) is 0 Å². The van der Waals surface area contributed by atoms with Gasteiger partial charge in [-0.1, -0.05) is 0 Å². The van der Waals surface area contributed by atoms with Crippen molar-refractivity contribution >= 4 is 11.9 Å². The van der Waals surface area contributed by atoms with E-state index in [1.807, 2.05) is 0 Å². The van der Waals surface area contributed by atoms with Crippen LogP contribution >= 0.6 is 0 Å². The second kappa shape index (κ2) is 6.83. The van der Waals surface area contributed by atoms with E-state index in [-0.39, 0.29) is 12.5 Å². The van der Waals surface area contributed by atoms with Crippen LogP contribution in [0.15, 0.2) is 0 Å². The van der Waals surface area contributed by atoms with Crippen molar-refractivity contribution in [1.29, 1.82) is 0 Å². The summed E-state index contributed by atoms with van der Waals surface area (Å²) in [6.45, 7) is 4.71. The Bertz CT molecular complexity index is 329. The van der Waals surface area contributed by atoms with Crippen LogP contribution in [0.25, 0.3) is 0 Å². The number of carboxylic acid groups (broad SMARTS) is 1. The number of hydrogen-bond donors (Lipinski definition) is 2. The molecule has 0 aromatic carbocycles. The molecule has 2 N–H and O–H groups in total. The minimum Gasteiger partial charge on any atom is -0.480 e. The first-order valence-corrected chi connectivity index (χ1v) is 6.71. The molecule has 19 heavy (non-hydrogen) atoms. The lowest BCUT2D eigenvalue weighted by atomic mass is 10.2. The Hall–Kier alpha value is -1.18. The van der Waals surface area contributed by atoms with Crippen molar-refractivity contribution < 1.29 is 19.4 Å². The molecule has 0 spiro atoms. The molecule has 0 aromatic heterocycles. The summed E-state index contributed by atoms with van der Waals surface area (Å²) >= 11 is 0. The molecule has 0 saturated carbocycles. The molecule has 0 aliphatic carbocycles. The lowest BCUT2D eigenvalue weighted by molar-refractivity contribution is -0.158. The second-order valence-electron chi connectivity index (χ2n) is 4.90. The first-order valence-electron chi connectivity index (χ1n) is 6.71. The highest BCUT2D eigenvalue weighted by Gasteiger charge is 2.33. The zero-order chi connectivity index (χ0) is 13.7. The van der Waals surface area contributed by atoms with Gasteiger partial charge in [-0.05, 0) is 19.5 Å². The SMILES string of the molecule is O=C(O)C1COCCN1C(=O)CN1CCCNCC1. The van der Waals surface area contributed by atoms with Crippen molar-refractivity contribution in [2.24, 2.45) is 0 Å². The van der Waals surface area contributed by atoms with Crippen LogP contribution in [0, 0.1) is 0 Å². The fourth-order valence-corrected chi connectivity index (χ4v) is 2.45. The number of aliphatic carboxylic acids is 1. The zero-order valence-corrected chi connectivity index (χ0v) is 11.0. The fourth-order valence-electron chi connectivity index (χ4n) is 2.45. The monoisotopic (exact) mass is 271 g/mol. The molecule has 2 aliphatic heterocycles. The third kappa shape index (κ3) is 3.89. The Labute approximate surface area is 112 Å². The van der Waals surface area contributed by atoms with Crippen LogP contribution in [0.5, 0.6) is 0 Å². The number of hydrogen-bond acceptors (Lipinski definition) is 5. The van der Waals surface area contributed by atoms with Crippen LogP contribution in [0.3, 0.4) is 0 Å². The van der Waals surface area contributed by atoms with Crippen LogP contribution in [0.2, 0.25) is 0 Å². The van der Waals surface area contributed by atoms with E-state index >= 15 is 0 Å². The van der Waals surface area contributed by atoms with Gasteiger partial charge in [0.2, 0.25) is 5.91 Å². The average molecular weight is 271 g/mol. The third-order valence-corrected chi connectivity index (χ3v) is 3.53. The van der Waals surface area contributed by atoms with Gasteiger partial charge in [0.05, 0.1) is 19.8 Å². The Balaban J connectivity index is 1.91. The lowest BCUT2D eigenvalue weighted by Crippen LogP contribution is -2.55. The summed E-state index contributed by atoms with van der Waals surface area (Å²) in [6.07, 6.45) is 1.01. The molecule has 2 saturated heterocycles. The molecule has 2 aliphatic rings. The van der Waals surface area contributed by atoms with Gasteiger partial charge in [0, 0.05) is 19.6 Å². The highest BCUT2D eigenvalue weighted by molar-refractivity contribution is 5.85. The van der Waals surface area contributed by atoms with Gasteiger partial charge in [-0.25, -0.2) is 4.79 Å². The molecule has 108 valence electrons. The van der Waals surface area contributed by atoms with E-state index in [0.717, 1.165) is 32.6 Å². The van der Waals surface area contributed by atoms with Crippen LogP contribution in [0.1, 0.15) is 6.42 Å². The highest BCUT2D eigenvalue weighted by atomic mass is 16.5. The smallest absolute Gasteiger partial charge is 0.328 e. The van der Waals surface area contributed by atoms with Crippen molar-refractivity contribution in [2.75, 3.05) is 52.5 Å². The standard InChI is InChI=1S/C12H21N3O4/c16-11(8-14-4-1-2-13-3-5-14)15-6-7-19-9-10(15)12(17)18/h10,13H,1-9H2,(H,17,18). The molecular weight excluding hydrogens is 250 g/mol. The van der Waals surface area contributed by atoms with Gasteiger partial charge in [0.25, 0.3) is 0 Å². The van der Waals surface area contributed by atoms with E-state index in [0.29, 0.717) is 19.7 Å². The van der Waals surface area contributed by atoms with Gasteiger partial charge in [-0.15, -0.1) is 0 Å². The quantitative estimate of drug-likeness (QED) is 0.656. The van der Waals surface area contributed by atoms with Crippen LogP contribution in [-0.4, -0.2) is 85.3 Å². The summed E-state index contributed by atoms with van der Waals surface area (Å²) in [7, 11) is 0. The van der Waals surface area contributed by atoms with Gasteiger partial charge in [0.15, 0.2) is 6.04 Å². The Morgan fingerprint density at radius 3 is 2.89 bits per heavy atom. The predicted molar refractivity (Wildman–Crippen MR) is 67.9 cm³/mol. The second-order valence-corrected chi connectivity index (χ2v) is 4.90. The first-order chi connectivity index (χ1) is 9.18. The van der Waals surface area contributed by atoms with Crippen molar-refractivity contribution in [2.45, 2.75) is 12.5 Å². The Morgan fingerprint density at radius 2 is 2.11 bits per heavy atom. The van der Waals surface area contributed by atoms with E-state index in [9.17, 15) is 9.59 Å². The molecule has 1 amide bonds. The van der Waals surface area contributed by atoms with E-state index < -0.39 is 12.0 Å². The fraction of sp³-hybridized carbons (Fsp3) is 0.833. The third-order valence-electron chi connectivity index (χ3n) is 3.53. The van der Waals surface area contributed by atoms with Crippen molar-refractivity contribution in [1.82, 2.24) is 15.1 Å². The van der Waals surface area contributed by atoms with Crippen molar-refractivity contribution in [3.63, 3.8) is 0 Å². The Morgan fingerprint density at radius 1 is 1.26 bits per heavy atom. The molecule has 2 rings (SSSR count). The minimum atomic E-state index is -0.995. The molecule has 7 nitrogen and oxygen atoms in total. The number of nitrogens with zero attached hydrogens (tertiary/aromatic N) is 2. The molecule has 0 bridgehead atoms. The summed E-state index contributed by atoms with van der Waals surface area (Å²) in [6, 6.07) is -0.841. The number of carboxylic acids is 1. The molecular formula is C12H21N3O4. The minimum absolute atomic E-state index is 0.0859. The normalized spacial score (nSPS) is 25.9. The predicted octanol–water partition coefficient (Wildman–Crippen LogP) is -1.41. The molecule has 0 aromatic rings. The molecule has 2 heterocycles. The summed E-state index contributed by atoms with van der Waals surface area (Å²) in [4.78, 5) is 26.9. The van der Waals surface area contributed by atoms with E-state index in [1.165, 1.54) is 4.90 Å². The van der Waals surface area contributed by atoms with Gasteiger partial charge < -0.3 is 20.1 Å². The van der Waals surface area contributed by atoms with Crippen molar-refractivity contribution in [3.05, 3.63) is 0 Å². The number of nitrogens with one attached hydrogen (secondary N) is 1. The number of ether oxygens (including phenoxy) is 1. The van der Waals surface area contributed by atoms with E-state index in [4.69, 9.17) is 9.84 Å². The Kier molecular flexibility index (Phi) is 5.12. The van der Waals surface area contributed by atoms with Gasteiger partial charge in [-0.3, -0.25) is 9.69 Å². The summed E-state index contributed by atoms with van der Waals surface area (Å²) in [5.74, 6) is -1.11. The number of carbonyl (C=O) groups excluding carboxylic acids is 1. The maximum Gasteiger partial charge on any atom is 0.328 e. The summed E-state index contributed by atoms with van der Waals surface area (Å²) in [5, 5.41) is 12.4. The van der Waals surface area contributed by atoms with E-state index in [2.05, 4.69) is 10.2 Å². The summed E-state index contributed by atoms with van der Waals surface area (Å²) < 4.78 is 5.14. The van der Waals surface area contributed by atoms with Gasteiger partial charge in [0.1, 0.15) is 0 Å². The average Bonchev–Trinajstić information content (AvgIpc) is 2.67. The molecule has 7 heteroatoms. The number of carbonyl (C=O) groups is 2. The molecule has 0 radical (unpaired) electrons. The van der Waals surface area contributed by atoms with Crippen LogP contribution in [-0.2, 0) is 14.3 Å². The molecule has 1 unspecified atom stereocenters. The van der Waals surface area contributed by atoms with E-state index in [1.54, 1.807) is 0 Å². The maximum atomic E-state index is 12.2. The maximum absolute atomic E-state index is 12.2. The highest BCUT2D eigenvalue weighted by Crippen LogP contribution is 2.09. The lowest BCUT2D eigenvalue weighted by Gasteiger charge is -2.34.